The lowest BCUT2D eigenvalue weighted by Gasteiger charge is -2.07. The predicted molar refractivity (Wildman–Crippen MR) is 79.0 cm³/mol. The molecule has 1 heterocycles. The van der Waals surface area contributed by atoms with Gasteiger partial charge in [0, 0.05) is 11.1 Å². The molecule has 18 heavy (non-hydrogen) atoms. The molecule has 1 aromatic heterocycles. The van der Waals surface area contributed by atoms with E-state index in [2.05, 4.69) is 63.0 Å². The molecular weight excluding hydrogens is 218 g/mol. The zero-order valence-electron chi connectivity index (χ0n) is 11.7. The smallest absolute Gasteiger partial charge is 0.0710 e. The minimum atomic E-state index is 1.10. The largest absolute Gasteiger partial charge is 0.253 e. The number of nitrogens with zero attached hydrogens (tertiary/aromatic N) is 1. The minimum Gasteiger partial charge on any atom is -0.253 e. The van der Waals surface area contributed by atoms with Crippen LogP contribution in [0.15, 0.2) is 35.9 Å². The molecule has 0 atom stereocenters. The fraction of sp³-hybridized carbons (Fsp3) is 0.353. The number of hydrogen-bond donors (Lipinski definition) is 0. The molecule has 1 nitrogen and oxygen atoms in total. The first-order chi connectivity index (χ1) is 8.60. The van der Waals surface area contributed by atoms with Crippen molar-refractivity contribution in [3.63, 3.8) is 0 Å². The van der Waals surface area contributed by atoms with Gasteiger partial charge in [-0.25, -0.2) is 0 Å². The maximum absolute atomic E-state index is 4.63. The van der Waals surface area contributed by atoms with E-state index in [1.807, 2.05) is 0 Å². The maximum atomic E-state index is 4.63. The van der Waals surface area contributed by atoms with Crippen molar-refractivity contribution in [1.82, 2.24) is 4.98 Å². The summed E-state index contributed by atoms with van der Waals surface area (Å²) in [5.74, 6) is 0. The Balaban J connectivity index is 2.32. The van der Waals surface area contributed by atoms with Gasteiger partial charge in [0.25, 0.3) is 0 Å². The third-order valence-electron chi connectivity index (χ3n) is 3.51. The number of allylic oxidation sites excluding steroid dienone is 2. The average Bonchev–Trinajstić information content (AvgIpc) is 2.35. The summed E-state index contributed by atoms with van der Waals surface area (Å²) in [5.41, 5.74) is 6.36. The van der Waals surface area contributed by atoms with Crippen LogP contribution < -0.4 is 0 Å². The van der Waals surface area contributed by atoms with Crippen molar-refractivity contribution in [2.75, 3.05) is 0 Å². The predicted octanol–water partition coefficient (Wildman–Crippen LogP) is 4.75. The molecule has 0 radical (unpaired) electrons. The van der Waals surface area contributed by atoms with Crippen molar-refractivity contribution < 1.29 is 0 Å². The zero-order valence-corrected chi connectivity index (χ0v) is 11.7. The number of aryl methyl sites for hydroxylation is 3. The number of benzene rings is 1. The Morgan fingerprint density at radius 3 is 2.72 bits per heavy atom. The second-order valence-electron chi connectivity index (χ2n) is 5.07. The molecule has 0 bridgehead atoms. The molecule has 1 heteroatoms. The molecule has 0 aliphatic carbocycles. The van der Waals surface area contributed by atoms with Crippen LogP contribution >= 0.6 is 0 Å². The summed E-state index contributed by atoms with van der Waals surface area (Å²) in [7, 11) is 0. The van der Waals surface area contributed by atoms with Crippen molar-refractivity contribution in [3.8, 4) is 0 Å². The highest BCUT2D eigenvalue weighted by Gasteiger charge is 2.02. The Bertz CT molecular complexity index is 594. The van der Waals surface area contributed by atoms with Crippen LogP contribution in [0.5, 0.6) is 0 Å². The van der Waals surface area contributed by atoms with Gasteiger partial charge in [-0.05, 0) is 63.8 Å². The van der Waals surface area contributed by atoms with Gasteiger partial charge in [0.2, 0.25) is 0 Å². The number of fused-ring (bicyclic) bond motifs is 1. The molecule has 0 unspecified atom stereocenters. The van der Waals surface area contributed by atoms with Gasteiger partial charge in [-0.2, -0.15) is 0 Å². The van der Waals surface area contributed by atoms with Crippen LogP contribution in [0.3, 0.4) is 0 Å². The second kappa shape index (κ2) is 5.34. The summed E-state index contributed by atoms with van der Waals surface area (Å²) in [6, 6.07) is 8.82. The number of aromatic nitrogens is 1. The lowest BCUT2D eigenvalue weighted by molar-refractivity contribution is 0.939. The van der Waals surface area contributed by atoms with Gasteiger partial charge in [-0.1, -0.05) is 23.8 Å². The van der Waals surface area contributed by atoms with Crippen molar-refractivity contribution in [2.24, 2.45) is 0 Å². The molecule has 0 spiro atoms. The van der Waals surface area contributed by atoms with Gasteiger partial charge in [0.05, 0.1) is 5.52 Å². The van der Waals surface area contributed by atoms with E-state index in [4.69, 9.17) is 0 Å². The first-order valence-electron chi connectivity index (χ1n) is 6.59. The standard InChI is InChI=1S/C17H21N/c1-5-12(2)6-7-15-8-9-16-13(3)10-14(4)18-17(16)11-15/h5,8-11H,6-7H2,1-4H3/b12-5+. The second-order valence-corrected chi connectivity index (χ2v) is 5.07. The average molecular weight is 239 g/mol. The van der Waals surface area contributed by atoms with Crippen molar-refractivity contribution in [1.29, 1.82) is 0 Å². The van der Waals surface area contributed by atoms with Crippen LogP contribution in [0.1, 0.15) is 37.1 Å². The first kappa shape index (κ1) is 12.8. The summed E-state index contributed by atoms with van der Waals surface area (Å²) < 4.78 is 0. The van der Waals surface area contributed by atoms with Gasteiger partial charge in [-0.3, -0.25) is 4.98 Å². The van der Waals surface area contributed by atoms with E-state index >= 15 is 0 Å². The summed E-state index contributed by atoms with van der Waals surface area (Å²) in [6.45, 7) is 8.50. The highest BCUT2D eigenvalue weighted by Crippen LogP contribution is 2.20. The van der Waals surface area contributed by atoms with Crippen LogP contribution in [-0.4, -0.2) is 4.98 Å². The normalized spacial score (nSPS) is 12.1. The molecule has 1 aromatic carbocycles. The molecule has 94 valence electrons. The Morgan fingerprint density at radius 1 is 1.22 bits per heavy atom. The van der Waals surface area contributed by atoms with Crippen LogP contribution in [0, 0.1) is 13.8 Å². The van der Waals surface area contributed by atoms with E-state index in [-0.39, 0.29) is 0 Å². The van der Waals surface area contributed by atoms with Crippen LogP contribution in [-0.2, 0) is 6.42 Å². The summed E-state index contributed by atoms with van der Waals surface area (Å²) >= 11 is 0. The minimum absolute atomic E-state index is 1.10. The van der Waals surface area contributed by atoms with Gasteiger partial charge in [0.1, 0.15) is 0 Å². The van der Waals surface area contributed by atoms with Crippen LogP contribution in [0.25, 0.3) is 10.9 Å². The number of rotatable bonds is 3. The summed E-state index contributed by atoms with van der Waals surface area (Å²) in [6.07, 6.45) is 4.42. The lowest BCUT2D eigenvalue weighted by Crippen LogP contribution is -1.91. The third-order valence-corrected chi connectivity index (χ3v) is 3.51. The fourth-order valence-electron chi connectivity index (χ4n) is 2.26. The van der Waals surface area contributed by atoms with E-state index in [0.29, 0.717) is 0 Å². The SMILES string of the molecule is C/C=C(\C)CCc1ccc2c(C)cc(C)nc2c1. The molecule has 0 saturated heterocycles. The van der Waals surface area contributed by atoms with Gasteiger partial charge < -0.3 is 0 Å². The molecule has 0 saturated carbocycles. The Hall–Kier alpha value is -1.63. The Labute approximate surface area is 110 Å². The third kappa shape index (κ3) is 2.79. The van der Waals surface area contributed by atoms with Crippen molar-refractivity contribution in [3.05, 3.63) is 52.7 Å². The van der Waals surface area contributed by atoms with Crippen LogP contribution in [0.2, 0.25) is 0 Å². The fourth-order valence-corrected chi connectivity index (χ4v) is 2.26. The molecule has 0 amide bonds. The van der Waals surface area contributed by atoms with E-state index < -0.39 is 0 Å². The summed E-state index contributed by atoms with van der Waals surface area (Å²) in [4.78, 5) is 4.63. The highest BCUT2D eigenvalue weighted by molar-refractivity contribution is 5.82. The van der Waals surface area contributed by atoms with Crippen molar-refractivity contribution >= 4 is 10.9 Å². The molecule has 0 aliphatic heterocycles. The first-order valence-corrected chi connectivity index (χ1v) is 6.59. The van der Waals surface area contributed by atoms with Gasteiger partial charge in [0.15, 0.2) is 0 Å². The Kier molecular flexibility index (Phi) is 3.81. The monoisotopic (exact) mass is 239 g/mol. The van der Waals surface area contributed by atoms with E-state index in [9.17, 15) is 0 Å². The van der Waals surface area contributed by atoms with Crippen LogP contribution in [0.4, 0.5) is 0 Å². The molecule has 2 aromatic rings. The molecule has 2 rings (SSSR count). The quantitative estimate of drug-likeness (QED) is 0.704. The topological polar surface area (TPSA) is 12.9 Å². The zero-order chi connectivity index (χ0) is 13.1. The molecule has 0 aliphatic rings. The number of pyridine rings is 1. The molecule has 0 fully saturated rings. The number of hydrogen-bond acceptors (Lipinski definition) is 1. The maximum Gasteiger partial charge on any atom is 0.0710 e. The van der Waals surface area contributed by atoms with Gasteiger partial charge >= 0.3 is 0 Å². The Morgan fingerprint density at radius 2 is 2.00 bits per heavy atom. The van der Waals surface area contributed by atoms with Gasteiger partial charge in [-0.15, -0.1) is 0 Å². The molecule has 0 N–H and O–H groups in total. The van der Waals surface area contributed by atoms with Crippen molar-refractivity contribution in [2.45, 2.75) is 40.5 Å². The highest BCUT2D eigenvalue weighted by atomic mass is 14.7. The van der Waals surface area contributed by atoms with E-state index in [0.717, 1.165) is 24.1 Å². The lowest BCUT2D eigenvalue weighted by atomic mass is 10.0. The molecular formula is C17H21N. The van der Waals surface area contributed by atoms with E-state index in [1.54, 1.807) is 0 Å². The van der Waals surface area contributed by atoms with E-state index in [1.165, 1.54) is 22.1 Å². The summed E-state index contributed by atoms with van der Waals surface area (Å²) in [5, 5.41) is 1.27.